The minimum absolute atomic E-state index is 0.278. The largest absolute Gasteiger partial charge is 0.353 e. The maximum Gasteiger partial charge on any atom is 0.163 e. The minimum Gasteiger partial charge on any atom is -0.353 e. The van der Waals surface area contributed by atoms with Crippen LogP contribution in [0.4, 0.5) is 0 Å². The number of allylic oxidation sites excluding steroid dienone is 2. The van der Waals surface area contributed by atoms with Gasteiger partial charge in [0.2, 0.25) is 0 Å². The highest BCUT2D eigenvalue weighted by Crippen LogP contribution is 2.38. The van der Waals surface area contributed by atoms with Crippen molar-refractivity contribution in [1.29, 1.82) is 0 Å². The van der Waals surface area contributed by atoms with E-state index in [0.717, 1.165) is 47.0 Å². The number of para-hydroxylation sites is 1. The van der Waals surface area contributed by atoms with Crippen LogP contribution in [-0.4, -0.2) is 10.8 Å². The number of ketones is 1. The highest BCUT2D eigenvalue weighted by atomic mass is 32.1. The van der Waals surface area contributed by atoms with Gasteiger partial charge in [0.1, 0.15) is 0 Å². The Hall–Kier alpha value is -2.13. The molecule has 0 fully saturated rings. The average Bonchev–Trinajstić information content (AvgIpc) is 3.13. The molecule has 0 saturated carbocycles. The van der Waals surface area contributed by atoms with Gasteiger partial charge in [-0.25, -0.2) is 0 Å². The number of benzene rings is 1. The quantitative estimate of drug-likeness (QED) is 0.673. The van der Waals surface area contributed by atoms with E-state index in [0.29, 0.717) is 6.42 Å². The lowest BCUT2D eigenvalue weighted by molar-refractivity contribution is -0.113. The zero-order valence-corrected chi connectivity index (χ0v) is 13.1. The molecule has 0 amide bonds. The lowest BCUT2D eigenvalue weighted by Crippen LogP contribution is -2.00. The molecule has 0 radical (unpaired) electrons. The van der Waals surface area contributed by atoms with E-state index in [4.69, 9.17) is 0 Å². The van der Waals surface area contributed by atoms with E-state index in [1.54, 1.807) is 11.3 Å². The number of hydrogen-bond acceptors (Lipinski definition) is 2. The Bertz CT molecular complexity index is 855. The molecule has 0 atom stereocenters. The molecular formula is C19H17NOS. The van der Waals surface area contributed by atoms with Gasteiger partial charge in [0.05, 0.1) is 10.6 Å². The molecule has 1 N–H and O–H groups in total. The van der Waals surface area contributed by atoms with Crippen LogP contribution in [0.5, 0.6) is 0 Å². The number of aromatic amines is 1. The van der Waals surface area contributed by atoms with Crippen LogP contribution < -0.4 is 0 Å². The van der Waals surface area contributed by atoms with Gasteiger partial charge in [-0.1, -0.05) is 30.3 Å². The van der Waals surface area contributed by atoms with Crippen molar-refractivity contribution in [3.63, 3.8) is 0 Å². The van der Waals surface area contributed by atoms with E-state index in [1.807, 2.05) is 12.1 Å². The molecule has 0 aliphatic heterocycles. The standard InChI is InChI=1S/C19H17NOS/c21-16-10-3-1-2-8-14(16)18-13-7-4-5-9-15(13)20-19(18)17-11-6-12-22-17/h4-9,11-12,20H,1-3,10H2. The molecule has 2 nitrogen and oxygen atoms in total. The summed E-state index contributed by atoms with van der Waals surface area (Å²) in [6.07, 6.45) is 5.89. The van der Waals surface area contributed by atoms with E-state index in [-0.39, 0.29) is 5.78 Å². The summed E-state index contributed by atoms with van der Waals surface area (Å²) in [6.45, 7) is 0. The fourth-order valence-corrected chi connectivity index (χ4v) is 3.93. The van der Waals surface area contributed by atoms with Crippen molar-refractivity contribution >= 4 is 33.6 Å². The summed E-state index contributed by atoms with van der Waals surface area (Å²) in [7, 11) is 0. The number of nitrogens with one attached hydrogen (secondary N) is 1. The number of carbonyl (C=O) groups is 1. The molecule has 1 aliphatic carbocycles. The third-order valence-corrected chi connectivity index (χ3v) is 5.14. The van der Waals surface area contributed by atoms with Crippen molar-refractivity contribution < 1.29 is 4.79 Å². The monoisotopic (exact) mass is 307 g/mol. The zero-order valence-electron chi connectivity index (χ0n) is 12.3. The first-order chi connectivity index (χ1) is 10.8. The average molecular weight is 307 g/mol. The molecular weight excluding hydrogens is 290 g/mol. The Balaban J connectivity index is 2.00. The predicted octanol–water partition coefficient (Wildman–Crippen LogP) is 5.42. The van der Waals surface area contributed by atoms with Gasteiger partial charge in [-0.05, 0) is 36.8 Å². The summed E-state index contributed by atoms with van der Waals surface area (Å²) in [5.74, 6) is 0.278. The van der Waals surface area contributed by atoms with Crippen LogP contribution in [0.3, 0.4) is 0 Å². The van der Waals surface area contributed by atoms with Gasteiger partial charge in [0.25, 0.3) is 0 Å². The zero-order chi connectivity index (χ0) is 14.9. The van der Waals surface area contributed by atoms with Crippen molar-refractivity contribution in [2.75, 3.05) is 0 Å². The molecule has 0 saturated heterocycles. The van der Waals surface area contributed by atoms with Crippen molar-refractivity contribution in [3.05, 3.63) is 53.4 Å². The van der Waals surface area contributed by atoms with E-state index >= 15 is 0 Å². The molecule has 110 valence electrons. The van der Waals surface area contributed by atoms with Crippen LogP contribution in [0.15, 0.2) is 47.9 Å². The Kier molecular flexibility index (Phi) is 3.43. The van der Waals surface area contributed by atoms with Gasteiger partial charge in [-0.2, -0.15) is 0 Å². The van der Waals surface area contributed by atoms with Crippen molar-refractivity contribution in [2.24, 2.45) is 0 Å². The number of Topliss-reactive ketones (excluding diaryl/α,β-unsaturated/α-hetero) is 1. The summed E-state index contributed by atoms with van der Waals surface area (Å²) in [5.41, 5.74) is 4.17. The minimum atomic E-state index is 0.278. The topological polar surface area (TPSA) is 32.9 Å². The van der Waals surface area contributed by atoms with Crippen LogP contribution in [-0.2, 0) is 4.79 Å². The van der Waals surface area contributed by atoms with Gasteiger partial charge in [0, 0.05) is 28.5 Å². The number of H-pyrrole nitrogens is 1. The molecule has 0 unspecified atom stereocenters. The molecule has 1 aromatic carbocycles. The summed E-state index contributed by atoms with van der Waals surface area (Å²) in [6, 6.07) is 12.4. The third-order valence-electron chi connectivity index (χ3n) is 4.25. The van der Waals surface area contributed by atoms with Crippen LogP contribution in [0, 0.1) is 0 Å². The third kappa shape index (κ3) is 2.22. The van der Waals surface area contributed by atoms with Gasteiger partial charge in [-0.3, -0.25) is 4.79 Å². The first-order valence-corrected chi connectivity index (χ1v) is 8.61. The highest BCUT2D eigenvalue weighted by Gasteiger charge is 2.22. The van der Waals surface area contributed by atoms with Crippen molar-refractivity contribution in [1.82, 2.24) is 4.98 Å². The lowest BCUT2D eigenvalue weighted by Gasteiger charge is -2.07. The first kappa shape index (κ1) is 13.5. The second-order valence-corrected chi connectivity index (χ2v) is 6.63. The maximum atomic E-state index is 12.6. The fraction of sp³-hybridized carbons (Fsp3) is 0.211. The van der Waals surface area contributed by atoms with Crippen LogP contribution in [0.1, 0.15) is 31.2 Å². The second-order valence-electron chi connectivity index (χ2n) is 5.68. The van der Waals surface area contributed by atoms with Gasteiger partial charge >= 0.3 is 0 Å². The Morgan fingerprint density at radius 2 is 1.95 bits per heavy atom. The van der Waals surface area contributed by atoms with Crippen LogP contribution >= 0.6 is 11.3 Å². The van der Waals surface area contributed by atoms with Crippen molar-refractivity contribution in [2.45, 2.75) is 25.7 Å². The molecule has 0 bridgehead atoms. The van der Waals surface area contributed by atoms with Crippen LogP contribution in [0.2, 0.25) is 0 Å². The first-order valence-electron chi connectivity index (χ1n) is 7.73. The number of thiophene rings is 1. The predicted molar refractivity (Wildman–Crippen MR) is 93.1 cm³/mol. The summed E-state index contributed by atoms with van der Waals surface area (Å²) in [5, 5.41) is 3.22. The van der Waals surface area contributed by atoms with E-state index in [9.17, 15) is 4.79 Å². The summed E-state index contributed by atoms with van der Waals surface area (Å²) >= 11 is 1.71. The van der Waals surface area contributed by atoms with E-state index in [2.05, 4.69) is 40.7 Å². The number of aromatic nitrogens is 1. The smallest absolute Gasteiger partial charge is 0.163 e. The molecule has 2 heterocycles. The number of fused-ring (bicyclic) bond motifs is 1. The molecule has 0 spiro atoms. The van der Waals surface area contributed by atoms with Gasteiger partial charge in [0.15, 0.2) is 5.78 Å². The highest BCUT2D eigenvalue weighted by molar-refractivity contribution is 7.13. The lowest BCUT2D eigenvalue weighted by atomic mass is 9.96. The summed E-state index contributed by atoms with van der Waals surface area (Å²) in [4.78, 5) is 17.3. The van der Waals surface area contributed by atoms with Crippen LogP contribution in [0.25, 0.3) is 27.0 Å². The molecule has 4 rings (SSSR count). The number of carbonyl (C=O) groups excluding carboxylic acids is 1. The van der Waals surface area contributed by atoms with E-state index in [1.165, 1.54) is 4.88 Å². The molecule has 3 heteroatoms. The number of rotatable bonds is 2. The van der Waals surface area contributed by atoms with Gasteiger partial charge < -0.3 is 4.98 Å². The van der Waals surface area contributed by atoms with E-state index < -0.39 is 0 Å². The Labute approximate surface area is 133 Å². The number of hydrogen-bond donors (Lipinski definition) is 1. The SMILES string of the molecule is O=C1CCCCC=C1c1c(-c2cccs2)[nH]c2ccccc12. The maximum absolute atomic E-state index is 12.6. The Morgan fingerprint density at radius 3 is 2.82 bits per heavy atom. The Morgan fingerprint density at radius 1 is 1.05 bits per heavy atom. The second kappa shape index (κ2) is 5.58. The van der Waals surface area contributed by atoms with Gasteiger partial charge in [-0.15, -0.1) is 11.3 Å². The molecule has 3 aromatic rings. The molecule has 22 heavy (non-hydrogen) atoms. The molecule has 1 aliphatic rings. The van der Waals surface area contributed by atoms with Crippen molar-refractivity contribution in [3.8, 4) is 10.6 Å². The normalized spacial score (nSPS) is 15.8. The fourth-order valence-electron chi connectivity index (χ4n) is 3.19. The molecule has 2 aromatic heterocycles. The summed E-state index contributed by atoms with van der Waals surface area (Å²) < 4.78 is 0.